The van der Waals surface area contributed by atoms with Crippen LogP contribution in [0, 0.1) is 5.92 Å². The van der Waals surface area contributed by atoms with Crippen LogP contribution in [-0.4, -0.2) is 27.7 Å². The Balaban J connectivity index is 1.60. The van der Waals surface area contributed by atoms with Crippen molar-refractivity contribution in [3.63, 3.8) is 0 Å². The lowest BCUT2D eigenvalue weighted by Crippen LogP contribution is -2.32. The van der Waals surface area contributed by atoms with Crippen molar-refractivity contribution in [2.45, 2.75) is 25.3 Å². The smallest absolute Gasteiger partial charge is 0.336 e. The Morgan fingerprint density at radius 3 is 2.20 bits per heavy atom. The second-order valence-corrected chi connectivity index (χ2v) is 9.57. The van der Waals surface area contributed by atoms with Gasteiger partial charge in [-0.1, -0.05) is 59.6 Å². The second kappa shape index (κ2) is 9.68. The SMILES string of the molecule is O=C(O)c1ccccc1C(=O)N1N=C2/C(=C\c3ccc(Cl)cc3)CCCC2C1c1ccc(Cl)cc1. The Bertz CT molecular complexity index is 1350. The molecule has 3 aromatic rings. The molecule has 1 heterocycles. The van der Waals surface area contributed by atoms with E-state index in [0.29, 0.717) is 10.0 Å². The minimum absolute atomic E-state index is 0.00980. The summed E-state index contributed by atoms with van der Waals surface area (Å²) < 4.78 is 0. The van der Waals surface area contributed by atoms with Crippen LogP contribution in [0.1, 0.15) is 57.1 Å². The molecule has 0 radical (unpaired) electrons. The lowest BCUT2D eigenvalue weighted by atomic mass is 9.77. The van der Waals surface area contributed by atoms with E-state index in [4.69, 9.17) is 28.3 Å². The molecule has 2 aliphatic rings. The number of hydrogen-bond donors (Lipinski definition) is 1. The van der Waals surface area contributed by atoms with Crippen LogP contribution in [0.4, 0.5) is 0 Å². The fraction of sp³-hybridized carbons (Fsp3) is 0.179. The van der Waals surface area contributed by atoms with E-state index in [0.717, 1.165) is 41.7 Å². The van der Waals surface area contributed by atoms with Crippen LogP contribution in [0.2, 0.25) is 10.0 Å². The number of rotatable bonds is 4. The number of carbonyl (C=O) groups excluding carboxylic acids is 1. The van der Waals surface area contributed by atoms with Gasteiger partial charge in [-0.25, -0.2) is 9.80 Å². The third kappa shape index (κ3) is 4.62. The first-order valence-corrected chi connectivity index (χ1v) is 12.1. The van der Waals surface area contributed by atoms with E-state index >= 15 is 0 Å². The molecule has 176 valence electrons. The highest BCUT2D eigenvalue weighted by Gasteiger charge is 2.44. The summed E-state index contributed by atoms with van der Waals surface area (Å²) in [6.07, 6.45) is 4.77. The number of fused-ring (bicyclic) bond motifs is 1. The van der Waals surface area contributed by atoms with Crippen molar-refractivity contribution in [2.75, 3.05) is 0 Å². The Kier molecular flexibility index (Phi) is 6.46. The molecule has 2 atom stereocenters. The molecule has 1 aliphatic carbocycles. The van der Waals surface area contributed by atoms with Crippen molar-refractivity contribution in [2.24, 2.45) is 11.0 Å². The number of hydrogen-bond acceptors (Lipinski definition) is 3. The molecule has 2 unspecified atom stereocenters. The van der Waals surface area contributed by atoms with E-state index in [-0.39, 0.29) is 23.1 Å². The molecule has 0 bridgehead atoms. The summed E-state index contributed by atoms with van der Waals surface area (Å²) in [4.78, 5) is 25.6. The summed E-state index contributed by atoms with van der Waals surface area (Å²) in [6, 6.07) is 20.9. The topological polar surface area (TPSA) is 70.0 Å². The van der Waals surface area contributed by atoms with E-state index in [1.165, 1.54) is 17.1 Å². The summed E-state index contributed by atoms with van der Waals surface area (Å²) in [7, 11) is 0. The predicted octanol–water partition coefficient (Wildman–Crippen LogP) is 7.13. The maximum atomic E-state index is 13.8. The Labute approximate surface area is 213 Å². The Morgan fingerprint density at radius 2 is 1.54 bits per heavy atom. The summed E-state index contributed by atoms with van der Waals surface area (Å²) in [5.41, 5.74) is 3.94. The van der Waals surface area contributed by atoms with E-state index in [9.17, 15) is 14.7 Å². The van der Waals surface area contributed by atoms with Gasteiger partial charge in [0.25, 0.3) is 5.91 Å². The van der Waals surface area contributed by atoms with Gasteiger partial charge in [-0.15, -0.1) is 0 Å². The quantitative estimate of drug-likeness (QED) is 0.410. The second-order valence-electron chi connectivity index (χ2n) is 8.70. The fourth-order valence-electron chi connectivity index (χ4n) is 4.90. The first-order valence-electron chi connectivity index (χ1n) is 11.4. The highest BCUT2D eigenvalue weighted by Crippen LogP contribution is 2.45. The van der Waals surface area contributed by atoms with Gasteiger partial charge in [-0.3, -0.25) is 4.79 Å². The van der Waals surface area contributed by atoms with E-state index in [2.05, 4.69) is 6.08 Å². The molecule has 1 N–H and O–H groups in total. The maximum Gasteiger partial charge on any atom is 0.336 e. The molecule has 1 saturated carbocycles. The van der Waals surface area contributed by atoms with Crippen molar-refractivity contribution in [1.82, 2.24) is 5.01 Å². The van der Waals surface area contributed by atoms with Crippen LogP contribution in [0.25, 0.3) is 6.08 Å². The standard InChI is InChI=1S/C28H22Cl2N2O3/c29-20-12-8-17(9-13-20)16-19-4-3-7-24-25(19)31-32(26(24)18-10-14-21(30)15-11-18)27(33)22-5-1-2-6-23(22)28(34)35/h1-2,5-6,8-16,24,26H,3-4,7H2,(H,34,35)/b19-16-. The molecule has 7 heteroatoms. The van der Waals surface area contributed by atoms with E-state index in [1.807, 2.05) is 36.4 Å². The number of allylic oxidation sites excluding steroid dienone is 1. The number of nitrogens with zero attached hydrogens (tertiary/aromatic N) is 2. The first kappa shape index (κ1) is 23.3. The zero-order valence-electron chi connectivity index (χ0n) is 18.7. The molecule has 5 nitrogen and oxygen atoms in total. The molecule has 5 rings (SSSR count). The van der Waals surface area contributed by atoms with Gasteiger partial charge in [0, 0.05) is 16.0 Å². The molecule has 3 aromatic carbocycles. The molecule has 1 aliphatic heterocycles. The lowest BCUT2D eigenvalue weighted by molar-refractivity contribution is 0.0646. The number of aromatic carboxylic acids is 1. The average Bonchev–Trinajstić information content (AvgIpc) is 3.26. The van der Waals surface area contributed by atoms with Gasteiger partial charge in [0.05, 0.1) is 22.9 Å². The molecule has 35 heavy (non-hydrogen) atoms. The van der Waals surface area contributed by atoms with Gasteiger partial charge in [0.15, 0.2) is 0 Å². The predicted molar refractivity (Wildman–Crippen MR) is 138 cm³/mol. The van der Waals surface area contributed by atoms with Crippen LogP contribution in [0.3, 0.4) is 0 Å². The Hall–Kier alpha value is -3.41. The number of hydrazone groups is 1. The number of carboxylic acids is 1. The van der Waals surface area contributed by atoms with Crippen molar-refractivity contribution in [3.8, 4) is 0 Å². The van der Waals surface area contributed by atoms with Crippen LogP contribution in [-0.2, 0) is 0 Å². The number of carboxylic acid groups (broad SMARTS) is 1. The minimum atomic E-state index is -1.15. The first-order chi connectivity index (χ1) is 16.9. The van der Waals surface area contributed by atoms with Gasteiger partial charge in [0.2, 0.25) is 0 Å². The molecule has 0 saturated heterocycles. The molecule has 1 fully saturated rings. The van der Waals surface area contributed by atoms with Crippen LogP contribution < -0.4 is 0 Å². The minimum Gasteiger partial charge on any atom is -0.478 e. The normalized spacial score (nSPS) is 20.5. The number of halogens is 2. The number of benzene rings is 3. The lowest BCUT2D eigenvalue weighted by Gasteiger charge is -2.30. The van der Waals surface area contributed by atoms with Crippen molar-refractivity contribution in [3.05, 3.63) is 111 Å². The van der Waals surface area contributed by atoms with Crippen molar-refractivity contribution < 1.29 is 14.7 Å². The van der Waals surface area contributed by atoms with Gasteiger partial charge in [0.1, 0.15) is 0 Å². The largest absolute Gasteiger partial charge is 0.478 e. The highest BCUT2D eigenvalue weighted by molar-refractivity contribution is 6.30. The van der Waals surface area contributed by atoms with Gasteiger partial charge in [-0.05, 0) is 78.4 Å². The Morgan fingerprint density at radius 1 is 0.914 bits per heavy atom. The molecular formula is C28H22Cl2N2O3. The zero-order valence-corrected chi connectivity index (χ0v) is 20.2. The van der Waals surface area contributed by atoms with Crippen LogP contribution >= 0.6 is 23.2 Å². The molecular weight excluding hydrogens is 483 g/mol. The summed E-state index contributed by atoms with van der Waals surface area (Å²) >= 11 is 12.2. The zero-order chi connectivity index (χ0) is 24.5. The van der Waals surface area contributed by atoms with Crippen molar-refractivity contribution in [1.29, 1.82) is 0 Å². The highest BCUT2D eigenvalue weighted by atomic mass is 35.5. The summed E-state index contributed by atoms with van der Waals surface area (Å²) in [5, 5.41) is 17.2. The molecule has 1 amide bonds. The summed E-state index contributed by atoms with van der Waals surface area (Å²) in [5.74, 6) is -1.59. The van der Waals surface area contributed by atoms with Gasteiger partial charge >= 0.3 is 5.97 Å². The van der Waals surface area contributed by atoms with Crippen LogP contribution in [0.5, 0.6) is 0 Å². The number of carbonyl (C=O) groups is 2. The summed E-state index contributed by atoms with van der Waals surface area (Å²) in [6.45, 7) is 0. The average molecular weight is 505 g/mol. The van der Waals surface area contributed by atoms with Crippen molar-refractivity contribution >= 4 is 46.9 Å². The van der Waals surface area contributed by atoms with E-state index < -0.39 is 11.9 Å². The molecule has 0 spiro atoms. The third-order valence-electron chi connectivity index (χ3n) is 6.52. The fourth-order valence-corrected chi connectivity index (χ4v) is 5.15. The van der Waals surface area contributed by atoms with Gasteiger partial charge in [-0.2, -0.15) is 5.10 Å². The maximum absolute atomic E-state index is 13.8. The third-order valence-corrected chi connectivity index (χ3v) is 7.02. The monoisotopic (exact) mass is 504 g/mol. The number of amides is 1. The van der Waals surface area contributed by atoms with Gasteiger partial charge < -0.3 is 5.11 Å². The van der Waals surface area contributed by atoms with E-state index in [1.54, 1.807) is 24.3 Å². The molecule has 0 aromatic heterocycles. The van der Waals surface area contributed by atoms with Crippen LogP contribution in [0.15, 0.2) is 83.5 Å².